The Balaban J connectivity index is 3.18. The number of carbonyl (C=O) groups is 2. The van der Waals surface area contributed by atoms with Gasteiger partial charge in [0, 0.05) is 6.42 Å². The highest BCUT2D eigenvalue weighted by Gasteiger charge is 2.08. The van der Waals surface area contributed by atoms with Crippen LogP contribution in [0.5, 0.6) is 0 Å². The normalized spacial score (nSPS) is 12.4. The van der Waals surface area contributed by atoms with Crippen molar-refractivity contribution in [2.75, 3.05) is 0 Å². The highest BCUT2D eigenvalue weighted by Crippen LogP contribution is 2.09. The van der Waals surface area contributed by atoms with E-state index in [1.54, 1.807) is 0 Å². The quantitative estimate of drug-likeness (QED) is 0.576. The molecule has 4 nitrogen and oxygen atoms in total. The Bertz CT molecular complexity index is 201. The third-order valence-corrected chi connectivity index (χ3v) is 2.34. The molecule has 1 unspecified atom stereocenters. The second kappa shape index (κ2) is 8.41. The van der Waals surface area contributed by atoms with Crippen LogP contribution in [0.1, 0.15) is 51.9 Å². The molecular formula is C11H20O4. The molecule has 0 amide bonds. The number of carboxylic acids is 1. The molecule has 0 heterocycles. The molecule has 0 rings (SSSR count). The van der Waals surface area contributed by atoms with Gasteiger partial charge in [0.25, 0.3) is 0 Å². The first-order chi connectivity index (χ1) is 7.04. The molecule has 0 aromatic carbocycles. The summed E-state index contributed by atoms with van der Waals surface area (Å²) in [4.78, 5) is 20.9. The van der Waals surface area contributed by atoms with E-state index in [2.05, 4.69) is 0 Å². The summed E-state index contributed by atoms with van der Waals surface area (Å²) < 4.78 is 0. The molecule has 88 valence electrons. The van der Waals surface area contributed by atoms with Crippen LogP contribution in [-0.4, -0.2) is 28.1 Å². The van der Waals surface area contributed by atoms with Crippen LogP contribution >= 0.6 is 0 Å². The lowest BCUT2D eigenvalue weighted by Gasteiger charge is -2.05. The number of carbonyl (C=O) groups excluding carboxylic acids is 1. The van der Waals surface area contributed by atoms with Crippen molar-refractivity contribution >= 4 is 11.8 Å². The Morgan fingerprint density at radius 3 is 2.13 bits per heavy atom. The lowest BCUT2D eigenvalue weighted by molar-refractivity contribution is -0.137. The highest BCUT2D eigenvalue weighted by atomic mass is 16.4. The lowest BCUT2D eigenvalue weighted by Crippen LogP contribution is -2.16. The summed E-state index contributed by atoms with van der Waals surface area (Å²) in [6, 6.07) is 0. The fraction of sp³-hybridized carbons (Fsp3) is 0.818. The number of Topliss-reactive ketones (excluding diaryl/α,β-unsaturated/α-hetero) is 1. The van der Waals surface area contributed by atoms with Crippen LogP contribution in [0.15, 0.2) is 0 Å². The van der Waals surface area contributed by atoms with Crippen LogP contribution in [0.3, 0.4) is 0 Å². The van der Waals surface area contributed by atoms with Crippen LogP contribution in [0.2, 0.25) is 0 Å². The van der Waals surface area contributed by atoms with Gasteiger partial charge in [0.05, 0.1) is 0 Å². The van der Waals surface area contributed by atoms with Gasteiger partial charge in [-0.2, -0.15) is 0 Å². The Labute approximate surface area is 90.3 Å². The number of carboxylic acid groups (broad SMARTS) is 1. The van der Waals surface area contributed by atoms with Crippen LogP contribution in [0.25, 0.3) is 0 Å². The van der Waals surface area contributed by atoms with E-state index >= 15 is 0 Å². The van der Waals surface area contributed by atoms with Crippen molar-refractivity contribution in [3.8, 4) is 0 Å². The molecule has 2 N–H and O–H groups in total. The van der Waals surface area contributed by atoms with Crippen molar-refractivity contribution in [3.05, 3.63) is 0 Å². The van der Waals surface area contributed by atoms with Gasteiger partial charge in [0.15, 0.2) is 5.78 Å². The van der Waals surface area contributed by atoms with E-state index in [1.807, 2.05) is 0 Å². The number of aliphatic hydroxyl groups is 1. The van der Waals surface area contributed by atoms with Crippen molar-refractivity contribution in [1.29, 1.82) is 0 Å². The molecule has 0 aliphatic rings. The first-order valence-electron chi connectivity index (χ1n) is 5.44. The molecule has 0 bridgehead atoms. The molecule has 0 aromatic heterocycles. The topological polar surface area (TPSA) is 74.6 Å². The van der Waals surface area contributed by atoms with Gasteiger partial charge >= 0.3 is 5.97 Å². The predicted molar refractivity (Wildman–Crippen MR) is 56.6 cm³/mol. The minimum Gasteiger partial charge on any atom is -0.481 e. The van der Waals surface area contributed by atoms with Crippen molar-refractivity contribution in [1.82, 2.24) is 0 Å². The number of hydrogen-bond donors (Lipinski definition) is 2. The number of aliphatic carboxylic acids is 1. The van der Waals surface area contributed by atoms with E-state index in [4.69, 9.17) is 5.11 Å². The zero-order chi connectivity index (χ0) is 11.7. The fourth-order valence-electron chi connectivity index (χ4n) is 1.35. The lowest BCUT2D eigenvalue weighted by atomic mass is 10.1. The Hall–Kier alpha value is -0.900. The van der Waals surface area contributed by atoms with Crippen LogP contribution < -0.4 is 0 Å². The molecule has 4 heteroatoms. The number of hydrogen-bond acceptors (Lipinski definition) is 3. The maximum absolute atomic E-state index is 10.7. The van der Waals surface area contributed by atoms with Gasteiger partial charge in [-0.25, -0.2) is 0 Å². The maximum Gasteiger partial charge on any atom is 0.303 e. The van der Waals surface area contributed by atoms with Gasteiger partial charge < -0.3 is 10.2 Å². The smallest absolute Gasteiger partial charge is 0.303 e. The van der Waals surface area contributed by atoms with Gasteiger partial charge in [-0.1, -0.05) is 25.7 Å². The number of unbranched alkanes of at least 4 members (excludes halogenated alkanes) is 4. The largest absolute Gasteiger partial charge is 0.481 e. The van der Waals surface area contributed by atoms with Crippen molar-refractivity contribution in [2.45, 2.75) is 58.0 Å². The molecule has 0 aliphatic carbocycles. The second-order valence-electron chi connectivity index (χ2n) is 3.83. The number of rotatable bonds is 9. The molecule has 0 aromatic rings. The summed E-state index contributed by atoms with van der Waals surface area (Å²) in [5, 5.41) is 17.6. The molecule has 0 saturated heterocycles. The summed E-state index contributed by atoms with van der Waals surface area (Å²) in [5.74, 6) is -0.928. The van der Waals surface area contributed by atoms with Crippen LogP contribution in [0, 0.1) is 0 Å². The maximum atomic E-state index is 10.7. The highest BCUT2D eigenvalue weighted by molar-refractivity contribution is 5.79. The predicted octanol–water partition coefficient (Wildman–Crippen LogP) is 1.75. The van der Waals surface area contributed by atoms with Gasteiger partial charge in [0.1, 0.15) is 6.10 Å². The van der Waals surface area contributed by atoms with E-state index < -0.39 is 12.1 Å². The molecular weight excluding hydrogens is 196 g/mol. The van der Waals surface area contributed by atoms with Crippen molar-refractivity contribution in [3.63, 3.8) is 0 Å². The fourth-order valence-corrected chi connectivity index (χ4v) is 1.35. The Kier molecular flexibility index (Phi) is 7.91. The van der Waals surface area contributed by atoms with E-state index in [-0.39, 0.29) is 12.2 Å². The number of aliphatic hydroxyl groups excluding tert-OH is 1. The van der Waals surface area contributed by atoms with E-state index in [0.29, 0.717) is 12.8 Å². The van der Waals surface area contributed by atoms with Gasteiger partial charge in [0.2, 0.25) is 0 Å². The molecule has 0 fully saturated rings. The molecule has 1 atom stereocenters. The zero-order valence-corrected chi connectivity index (χ0v) is 9.24. The monoisotopic (exact) mass is 216 g/mol. The first kappa shape index (κ1) is 14.1. The summed E-state index contributed by atoms with van der Waals surface area (Å²) in [7, 11) is 0. The van der Waals surface area contributed by atoms with Crippen molar-refractivity contribution < 1.29 is 19.8 Å². The van der Waals surface area contributed by atoms with E-state index in [9.17, 15) is 14.7 Å². The van der Waals surface area contributed by atoms with Gasteiger partial charge in [-0.05, 0) is 19.8 Å². The van der Waals surface area contributed by atoms with Crippen molar-refractivity contribution in [2.24, 2.45) is 0 Å². The molecule has 0 spiro atoms. The third-order valence-electron chi connectivity index (χ3n) is 2.34. The summed E-state index contributed by atoms with van der Waals surface area (Å²) in [6.45, 7) is 1.39. The average molecular weight is 216 g/mol. The molecule has 0 saturated carbocycles. The van der Waals surface area contributed by atoms with Crippen LogP contribution in [0.4, 0.5) is 0 Å². The number of ketones is 1. The second-order valence-corrected chi connectivity index (χ2v) is 3.83. The minimum atomic E-state index is -0.816. The van der Waals surface area contributed by atoms with Gasteiger partial charge in [-0.3, -0.25) is 9.59 Å². The van der Waals surface area contributed by atoms with E-state index in [1.165, 1.54) is 6.92 Å². The summed E-state index contributed by atoms with van der Waals surface area (Å²) in [6.07, 6.45) is 4.30. The molecule has 0 aliphatic heterocycles. The molecule has 15 heavy (non-hydrogen) atoms. The van der Waals surface area contributed by atoms with E-state index in [0.717, 1.165) is 25.7 Å². The Morgan fingerprint density at radius 1 is 1.07 bits per heavy atom. The molecule has 0 radical (unpaired) electrons. The third kappa shape index (κ3) is 9.41. The zero-order valence-electron chi connectivity index (χ0n) is 9.24. The summed E-state index contributed by atoms with van der Waals surface area (Å²) >= 11 is 0. The SMILES string of the molecule is CC(=O)C(O)CCCCCCCC(=O)O. The minimum absolute atomic E-state index is 0.180. The van der Waals surface area contributed by atoms with Gasteiger partial charge in [-0.15, -0.1) is 0 Å². The Morgan fingerprint density at radius 2 is 1.60 bits per heavy atom. The summed E-state index contributed by atoms with van der Waals surface area (Å²) in [5.41, 5.74) is 0. The van der Waals surface area contributed by atoms with Crippen LogP contribution in [-0.2, 0) is 9.59 Å². The first-order valence-corrected chi connectivity index (χ1v) is 5.44. The standard InChI is InChI=1S/C11H20O4/c1-9(12)10(13)7-5-3-2-4-6-8-11(14)15/h10,13H,2-8H2,1H3,(H,14,15). The average Bonchev–Trinajstić information content (AvgIpc) is 2.15.